The Labute approximate surface area is 119 Å². The quantitative estimate of drug-likeness (QED) is 0.940. The molecule has 98 valence electrons. The van der Waals surface area contributed by atoms with Crippen molar-refractivity contribution >= 4 is 21.9 Å². The second kappa shape index (κ2) is 5.93. The zero-order valence-corrected chi connectivity index (χ0v) is 12.0. The lowest BCUT2D eigenvalue weighted by Gasteiger charge is -2.11. The van der Waals surface area contributed by atoms with Gasteiger partial charge in [0, 0.05) is 16.4 Å². The van der Waals surface area contributed by atoms with Gasteiger partial charge in [0.15, 0.2) is 0 Å². The normalized spacial score (nSPS) is 12.1. The van der Waals surface area contributed by atoms with E-state index in [2.05, 4.69) is 25.9 Å². The summed E-state index contributed by atoms with van der Waals surface area (Å²) in [5, 5.41) is 9.36. The van der Waals surface area contributed by atoms with E-state index < -0.39 is 11.9 Å². The molecule has 1 atom stereocenters. The van der Waals surface area contributed by atoms with Crippen molar-refractivity contribution in [2.45, 2.75) is 19.3 Å². The summed E-state index contributed by atoms with van der Waals surface area (Å²) >= 11 is 3.38. The van der Waals surface area contributed by atoms with Crippen LogP contribution in [-0.4, -0.2) is 21.0 Å². The molecule has 0 fully saturated rings. The van der Waals surface area contributed by atoms with Gasteiger partial charge in [0.05, 0.1) is 0 Å². The van der Waals surface area contributed by atoms with Crippen molar-refractivity contribution in [2.24, 2.45) is 0 Å². The Hall–Kier alpha value is -1.75. The first-order valence-corrected chi connectivity index (χ1v) is 6.62. The van der Waals surface area contributed by atoms with Crippen LogP contribution in [0.15, 0.2) is 41.0 Å². The summed E-state index contributed by atoms with van der Waals surface area (Å²) in [4.78, 5) is 19.7. The van der Waals surface area contributed by atoms with E-state index in [0.717, 1.165) is 15.7 Å². The third kappa shape index (κ3) is 3.61. The maximum atomic E-state index is 11.4. The standard InChI is InChI=1S/C14H13BrN2O2/c1-9-5-6-16-13(17-9)12(14(18)19)8-10-3-2-4-11(15)7-10/h2-7,12H,8H2,1H3,(H,18,19). The van der Waals surface area contributed by atoms with Gasteiger partial charge in [0.25, 0.3) is 0 Å². The minimum Gasteiger partial charge on any atom is -0.481 e. The molecule has 1 unspecified atom stereocenters. The van der Waals surface area contributed by atoms with Gasteiger partial charge in [0.2, 0.25) is 0 Å². The third-order valence-corrected chi connectivity index (χ3v) is 3.25. The molecule has 0 aliphatic heterocycles. The summed E-state index contributed by atoms with van der Waals surface area (Å²) in [5.74, 6) is -1.28. The summed E-state index contributed by atoms with van der Waals surface area (Å²) in [6.45, 7) is 1.82. The molecule has 1 aromatic carbocycles. The zero-order valence-electron chi connectivity index (χ0n) is 10.4. The van der Waals surface area contributed by atoms with Crippen LogP contribution in [0.2, 0.25) is 0 Å². The number of hydrogen-bond acceptors (Lipinski definition) is 3. The lowest BCUT2D eigenvalue weighted by atomic mass is 9.98. The second-order valence-corrected chi connectivity index (χ2v) is 5.20. The summed E-state index contributed by atoms with van der Waals surface area (Å²) in [6, 6.07) is 9.35. The molecule has 0 saturated carbocycles. The molecular weight excluding hydrogens is 308 g/mol. The fourth-order valence-corrected chi connectivity index (χ4v) is 2.27. The highest BCUT2D eigenvalue weighted by atomic mass is 79.9. The molecule has 2 aromatic rings. The van der Waals surface area contributed by atoms with E-state index in [0.29, 0.717) is 12.2 Å². The van der Waals surface area contributed by atoms with E-state index in [1.807, 2.05) is 31.2 Å². The Balaban J connectivity index is 2.29. The van der Waals surface area contributed by atoms with Crippen LogP contribution in [0.25, 0.3) is 0 Å². The largest absolute Gasteiger partial charge is 0.481 e. The Morgan fingerprint density at radius 1 is 1.42 bits per heavy atom. The van der Waals surface area contributed by atoms with Crippen LogP contribution in [0.5, 0.6) is 0 Å². The van der Waals surface area contributed by atoms with Crippen LogP contribution in [0.3, 0.4) is 0 Å². The fraction of sp³-hybridized carbons (Fsp3) is 0.214. The average Bonchev–Trinajstić information content (AvgIpc) is 2.35. The number of nitrogens with zero attached hydrogens (tertiary/aromatic N) is 2. The van der Waals surface area contributed by atoms with Gasteiger partial charge < -0.3 is 5.11 Å². The highest BCUT2D eigenvalue weighted by Gasteiger charge is 2.23. The lowest BCUT2D eigenvalue weighted by Crippen LogP contribution is -2.17. The van der Waals surface area contributed by atoms with E-state index in [1.165, 1.54) is 0 Å². The van der Waals surface area contributed by atoms with Crippen molar-refractivity contribution in [3.05, 3.63) is 58.1 Å². The number of carbonyl (C=O) groups is 1. The first-order chi connectivity index (χ1) is 9.06. The minimum atomic E-state index is -0.912. The number of rotatable bonds is 4. The average molecular weight is 321 g/mol. The number of aliphatic carboxylic acids is 1. The molecule has 5 heteroatoms. The van der Waals surface area contributed by atoms with Crippen LogP contribution in [0, 0.1) is 6.92 Å². The molecule has 1 aromatic heterocycles. The number of carboxylic acids is 1. The molecule has 2 rings (SSSR count). The number of carboxylic acid groups (broad SMARTS) is 1. The van der Waals surface area contributed by atoms with Gasteiger partial charge in [-0.25, -0.2) is 9.97 Å². The molecule has 1 heterocycles. The molecule has 0 aliphatic rings. The summed E-state index contributed by atoms with van der Waals surface area (Å²) in [6.07, 6.45) is 1.97. The van der Waals surface area contributed by atoms with Crippen LogP contribution in [0.4, 0.5) is 0 Å². The van der Waals surface area contributed by atoms with Gasteiger partial charge in [-0.2, -0.15) is 0 Å². The molecule has 1 N–H and O–H groups in total. The lowest BCUT2D eigenvalue weighted by molar-refractivity contribution is -0.139. The predicted molar refractivity (Wildman–Crippen MR) is 75.0 cm³/mol. The molecule has 0 radical (unpaired) electrons. The summed E-state index contributed by atoms with van der Waals surface area (Å²) in [7, 11) is 0. The Kier molecular flexibility index (Phi) is 4.27. The van der Waals surface area contributed by atoms with E-state index in [9.17, 15) is 9.90 Å². The van der Waals surface area contributed by atoms with Crippen molar-refractivity contribution in [3.8, 4) is 0 Å². The number of halogens is 1. The Bertz CT molecular complexity index is 602. The van der Waals surface area contributed by atoms with Crippen molar-refractivity contribution in [1.82, 2.24) is 9.97 Å². The van der Waals surface area contributed by atoms with E-state index in [-0.39, 0.29) is 0 Å². The van der Waals surface area contributed by atoms with Gasteiger partial charge in [-0.15, -0.1) is 0 Å². The first-order valence-electron chi connectivity index (χ1n) is 5.83. The maximum Gasteiger partial charge on any atom is 0.314 e. The smallest absolute Gasteiger partial charge is 0.314 e. The van der Waals surface area contributed by atoms with Gasteiger partial charge in [-0.1, -0.05) is 28.1 Å². The van der Waals surface area contributed by atoms with E-state index in [1.54, 1.807) is 12.3 Å². The molecule has 19 heavy (non-hydrogen) atoms. The summed E-state index contributed by atoms with van der Waals surface area (Å²) in [5.41, 5.74) is 1.71. The predicted octanol–water partition coefficient (Wildman–Crippen LogP) is 2.96. The SMILES string of the molecule is Cc1ccnc(C(Cc2cccc(Br)c2)C(=O)O)n1. The number of benzene rings is 1. The van der Waals surface area contributed by atoms with Crippen LogP contribution >= 0.6 is 15.9 Å². The molecule has 4 nitrogen and oxygen atoms in total. The highest BCUT2D eigenvalue weighted by Crippen LogP contribution is 2.20. The molecule has 0 bridgehead atoms. The first kappa shape index (κ1) is 13.7. The number of aryl methyl sites for hydroxylation is 1. The van der Waals surface area contributed by atoms with Crippen molar-refractivity contribution in [2.75, 3.05) is 0 Å². The van der Waals surface area contributed by atoms with Gasteiger partial charge >= 0.3 is 5.97 Å². The maximum absolute atomic E-state index is 11.4. The van der Waals surface area contributed by atoms with Gasteiger partial charge in [0.1, 0.15) is 11.7 Å². The zero-order chi connectivity index (χ0) is 13.8. The second-order valence-electron chi connectivity index (χ2n) is 4.28. The van der Waals surface area contributed by atoms with Crippen LogP contribution in [-0.2, 0) is 11.2 Å². The monoisotopic (exact) mass is 320 g/mol. The molecular formula is C14H13BrN2O2. The highest BCUT2D eigenvalue weighted by molar-refractivity contribution is 9.10. The number of hydrogen-bond donors (Lipinski definition) is 1. The van der Waals surface area contributed by atoms with E-state index >= 15 is 0 Å². The minimum absolute atomic E-state index is 0.354. The molecule has 0 spiro atoms. The summed E-state index contributed by atoms with van der Waals surface area (Å²) < 4.78 is 0.930. The molecule has 0 saturated heterocycles. The van der Waals surface area contributed by atoms with Crippen molar-refractivity contribution in [3.63, 3.8) is 0 Å². The third-order valence-electron chi connectivity index (χ3n) is 2.75. The van der Waals surface area contributed by atoms with Crippen molar-refractivity contribution < 1.29 is 9.90 Å². The Morgan fingerprint density at radius 2 is 2.21 bits per heavy atom. The van der Waals surface area contributed by atoms with Crippen LogP contribution < -0.4 is 0 Å². The number of aromatic nitrogens is 2. The van der Waals surface area contributed by atoms with E-state index in [4.69, 9.17) is 0 Å². The Morgan fingerprint density at radius 3 is 2.84 bits per heavy atom. The fourth-order valence-electron chi connectivity index (χ4n) is 1.82. The molecule has 0 aliphatic carbocycles. The topological polar surface area (TPSA) is 63.1 Å². The van der Waals surface area contributed by atoms with Crippen molar-refractivity contribution in [1.29, 1.82) is 0 Å². The van der Waals surface area contributed by atoms with Gasteiger partial charge in [-0.05, 0) is 37.1 Å². The molecule has 0 amide bonds. The van der Waals surface area contributed by atoms with Crippen LogP contribution in [0.1, 0.15) is 23.0 Å². The van der Waals surface area contributed by atoms with Gasteiger partial charge in [-0.3, -0.25) is 4.79 Å².